The molecule has 0 aromatic carbocycles. The van der Waals surface area contributed by atoms with Gasteiger partial charge in [0.1, 0.15) is 11.4 Å². The number of anilines is 2. The molecule has 0 radical (unpaired) electrons. The van der Waals surface area contributed by atoms with Crippen molar-refractivity contribution in [2.45, 2.75) is 0 Å². The Morgan fingerprint density at radius 1 is 1.43 bits per heavy atom. The van der Waals surface area contributed by atoms with Crippen LogP contribution in [0.25, 0.3) is 5.82 Å². The lowest BCUT2D eigenvalue weighted by Gasteiger charge is -2.04. The molecule has 0 aliphatic rings. The van der Waals surface area contributed by atoms with Crippen LogP contribution in [0.2, 0.25) is 0 Å². The normalized spacial score (nSPS) is 10.4. The Hall–Kier alpha value is -2.61. The quantitative estimate of drug-likeness (QED) is 0.596. The molecule has 0 aliphatic carbocycles. The first-order valence-electron chi connectivity index (χ1n) is 6.30. The number of rotatable bonds is 6. The highest BCUT2D eigenvalue weighted by Gasteiger charge is 2.23. The topological polar surface area (TPSA) is 104 Å². The summed E-state index contributed by atoms with van der Waals surface area (Å²) >= 11 is 0. The average molecular weight is 291 g/mol. The van der Waals surface area contributed by atoms with Crippen LogP contribution in [0, 0.1) is 0 Å². The van der Waals surface area contributed by atoms with Crippen LogP contribution < -0.4 is 11.1 Å². The minimum atomic E-state index is -0.561. The van der Waals surface area contributed by atoms with Crippen LogP contribution in [-0.4, -0.2) is 48.1 Å². The second kappa shape index (κ2) is 6.71. The smallest absolute Gasteiger partial charge is 0.345 e. The van der Waals surface area contributed by atoms with Crippen LogP contribution >= 0.6 is 0 Å². The molecule has 0 amide bonds. The van der Waals surface area contributed by atoms with E-state index in [0.29, 0.717) is 24.8 Å². The predicted molar refractivity (Wildman–Crippen MR) is 77.5 cm³/mol. The molecule has 0 fully saturated rings. The largest absolute Gasteiger partial charge is 0.465 e. The first-order chi connectivity index (χ1) is 10.2. The summed E-state index contributed by atoms with van der Waals surface area (Å²) in [5.41, 5.74) is 6.19. The van der Waals surface area contributed by atoms with E-state index >= 15 is 0 Å². The van der Waals surface area contributed by atoms with Crippen molar-refractivity contribution in [3.05, 3.63) is 30.0 Å². The van der Waals surface area contributed by atoms with Gasteiger partial charge in [-0.3, -0.25) is 0 Å². The molecule has 2 heterocycles. The van der Waals surface area contributed by atoms with Gasteiger partial charge in [0.25, 0.3) is 0 Å². The van der Waals surface area contributed by atoms with Crippen molar-refractivity contribution in [1.29, 1.82) is 0 Å². The molecule has 0 bridgehead atoms. The van der Waals surface area contributed by atoms with Crippen molar-refractivity contribution in [2.75, 3.05) is 38.4 Å². The third-order valence-corrected chi connectivity index (χ3v) is 2.78. The van der Waals surface area contributed by atoms with Crippen LogP contribution in [0.3, 0.4) is 0 Å². The minimum absolute atomic E-state index is 0.167. The van der Waals surface area contributed by atoms with Gasteiger partial charge in [-0.15, -0.1) is 5.10 Å². The molecule has 0 saturated heterocycles. The molecule has 2 aromatic rings. The number of methoxy groups -OCH3 is 2. The van der Waals surface area contributed by atoms with Gasteiger partial charge in [-0.25, -0.2) is 9.78 Å². The second-order valence-corrected chi connectivity index (χ2v) is 4.12. The average Bonchev–Trinajstić information content (AvgIpc) is 2.84. The number of nitrogen functional groups attached to an aromatic ring is 1. The molecular weight excluding hydrogens is 274 g/mol. The van der Waals surface area contributed by atoms with Crippen LogP contribution in [0.4, 0.5) is 11.6 Å². The fourth-order valence-electron chi connectivity index (χ4n) is 1.78. The van der Waals surface area contributed by atoms with Crippen molar-refractivity contribution in [2.24, 2.45) is 0 Å². The number of pyridine rings is 1. The molecule has 2 aromatic heterocycles. The fourth-order valence-corrected chi connectivity index (χ4v) is 1.78. The SMILES string of the molecule is COCCNc1nn(-c2ccccn2)c(N)c1C(=O)OC. The Morgan fingerprint density at radius 2 is 2.24 bits per heavy atom. The Morgan fingerprint density at radius 3 is 2.86 bits per heavy atom. The number of nitrogens with one attached hydrogen (secondary N) is 1. The molecule has 8 heteroatoms. The summed E-state index contributed by atoms with van der Waals surface area (Å²) in [6.45, 7) is 0.954. The molecule has 0 saturated carbocycles. The van der Waals surface area contributed by atoms with Crippen molar-refractivity contribution >= 4 is 17.6 Å². The summed E-state index contributed by atoms with van der Waals surface area (Å²) in [4.78, 5) is 16.0. The van der Waals surface area contributed by atoms with Gasteiger partial charge in [0.15, 0.2) is 11.6 Å². The Kier molecular flexibility index (Phi) is 4.72. The maximum atomic E-state index is 11.9. The highest BCUT2D eigenvalue weighted by atomic mass is 16.5. The van der Waals surface area contributed by atoms with Crippen molar-refractivity contribution in [1.82, 2.24) is 14.8 Å². The third-order valence-electron chi connectivity index (χ3n) is 2.78. The number of hydrogen-bond donors (Lipinski definition) is 2. The number of esters is 1. The lowest BCUT2D eigenvalue weighted by molar-refractivity contribution is 0.0603. The lowest BCUT2D eigenvalue weighted by atomic mass is 10.3. The number of carbonyl (C=O) groups is 1. The number of aromatic nitrogens is 3. The monoisotopic (exact) mass is 291 g/mol. The maximum Gasteiger partial charge on any atom is 0.345 e. The second-order valence-electron chi connectivity index (χ2n) is 4.12. The van der Waals surface area contributed by atoms with Crippen LogP contribution in [0.5, 0.6) is 0 Å². The molecule has 2 rings (SSSR count). The van der Waals surface area contributed by atoms with Crippen molar-refractivity contribution < 1.29 is 14.3 Å². The molecule has 8 nitrogen and oxygen atoms in total. The molecule has 0 aliphatic heterocycles. The molecule has 3 N–H and O–H groups in total. The number of hydrogen-bond acceptors (Lipinski definition) is 7. The summed E-state index contributed by atoms with van der Waals surface area (Å²) in [6.07, 6.45) is 1.62. The molecule has 21 heavy (non-hydrogen) atoms. The minimum Gasteiger partial charge on any atom is -0.465 e. The van der Waals surface area contributed by atoms with Gasteiger partial charge in [0, 0.05) is 19.9 Å². The summed E-state index contributed by atoms with van der Waals surface area (Å²) in [7, 11) is 2.88. The van der Waals surface area contributed by atoms with E-state index in [-0.39, 0.29) is 11.4 Å². The first-order valence-corrected chi connectivity index (χ1v) is 6.30. The van der Waals surface area contributed by atoms with E-state index in [4.69, 9.17) is 15.2 Å². The van der Waals surface area contributed by atoms with E-state index in [0.717, 1.165) is 0 Å². The van der Waals surface area contributed by atoms with E-state index in [1.165, 1.54) is 11.8 Å². The van der Waals surface area contributed by atoms with Gasteiger partial charge < -0.3 is 20.5 Å². The molecule has 0 spiro atoms. The number of carbonyl (C=O) groups excluding carboxylic acids is 1. The predicted octanol–water partition coefficient (Wildman–Crippen LogP) is 0.694. The van der Waals surface area contributed by atoms with Gasteiger partial charge in [0.05, 0.1) is 13.7 Å². The van der Waals surface area contributed by atoms with E-state index in [1.54, 1.807) is 31.5 Å². The van der Waals surface area contributed by atoms with Gasteiger partial charge in [-0.1, -0.05) is 6.07 Å². The van der Waals surface area contributed by atoms with Gasteiger partial charge in [-0.2, -0.15) is 4.68 Å². The van der Waals surface area contributed by atoms with Crippen molar-refractivity contribution in [3.8, 4) is 5.82 Å². The van der Waals surface area contributed by atoms with Gasteiger partial charge in [-0.05, 0) is 12.1 Å². The molecule has 112 valence electrons. The molecule has 0 unspecified atom stereocenters. The Bertz CT molecular complexity index is 612. The lowest BCUT2D eigenvalue weighted by Crippen LogP contribution is -2.12. The Labute approximate surface area is 121 Å². The summed E-state index contributed by atoms with van der Waals surface area (Å²) in [5.74, 6) is 0.456. The molecule has 0 atom stereocenters. The standard InChI is InChI=1S/C13H17N5O3/c1-20-8-7-16-12-10(13(19)21-2)11(14)18(17-12)9-5-3-4-6-15-9/h3-6H,7-8,14H2,1-2H3,(H,16,17). The van der Waals surface area contributed by atoms with Crippen LogP contribution in [0.1, 0.15) is 10.4 Å². The third kappa shape index (κ3) is 3.11. The number of nitrogens with zero attached hydrogens (tertiary/aromatic N) is 3. The van der Waals surface area contributed by atoms with E-state index in [1.807, 2.05) is 0 Å². The molecular formula is C13H17N5O3. The van der Waals surface area contributed by atoms with Gasteiger partial charge in [0.2, 0.25) is 0 Å². The summed E-state index contributed by atoms with van der Waals surface area (Å²) in [6, 6.07) is 5.32. The van der Waals surface area contributed by atoms with Crippen LogP contribution in [-0.2, 0) is 9.47 Å². The van der Waals surface area contributed by atoms with Crippen LogP contribution in [0.15, 0.2) is 24.4 Å². The zero-order valence-corrected chi connectivity index (χ0v) is 11.9. The number of nitrogens with two attached hydrogens (primary N) is 1. The summed E-state index contributed by atoms with van der Waals surface area (Å²) < 4.78 is 11.1. The van der Waals surface area contributed by atoms with E-state index < -0.39 is 5.97 Å². The highest BCUT2D eigenvalue weighted by Crippen LogP contribution is 2.24. The maximum absolute atomic E-state index is 11.9. The summed E-state index contributed by atoms with van der Waals surface area (Å²) in [5, 5.41) is 7.28. The Balaban J connectivity index is 2.41. The van der Waals surface area contributed by atoms with E-state index in [2.05, 4.69) is 15.4 Å². The van der Waals surface area contributed by atoms with Gasteiger partial charge >= 0.3 is 5.97 Å². The first kappa shape index (κ1) is 14.8. The highest BCUT2D eigenvalue weighted by molar-refractivity contribution is 5.99. The van der Waals surface area contributed by atoms with E-state index in [9.17, 15) is 4.79 Å². The fraction of sp³-hybridized carbons (Fsp3) is 0.308. The number of ether oxygens (including phenoxy) is 2. The zero-order valence-electron chi connectivity index (χ0n) is 11.9. The zero-order chi connectivity index (χ0) is 15.2. The van der Waals surface area contributed by atoms with Crippen molar-refractivity contribution in [3.63, 3.8) is 0 Å².